The van der Waals surface area contributed by atoms with Gasteiger partial charge in [0.15, 0.2) is 6.04 Å². The highest BCUT2D eigenvalue weighted by atomic mass is 32.2. The fraction of sp³-hybridized carbons (Fsp3) is 0.500. The molecule has 2 atom stereocenters. The van der Waals surface area contributed by atoms with Crippen molar-refractivity contribution in [2.75, 3.05) is 7.11 Å². The summed E-state index contributed by atoms with van der Waals surface area (Å²) in [5.41, 5.74) is 0.478. The number of carbonyl (C=O) groups is 1. The van der Waals surface area contributed by atoms with E-state index >= 15 is 0 Å². The van der Waals surface area contributed by atoms with Gasteiger partial charge in [-0.2, -0.15) is 0 Å². The number of carbonyl (C=O) groups excluding carboxylic acids is 1. The van der Waals surface area contributed by atoms with E-state index in [1.54, 1.807) is 24.3 Å². The Labute approximate surface area is 137 Å². The van der Waals surface area contributed by atoms with Crippen molar-refractivity contribution in [3.63, 3.8) is 0 Å². The molecule has 0 bridgehead atoms. The third-order valence-corrected chi connectivity index (χ3v) is 5.59. The second kappa shape index (κ2) is 5.96. The van der Waals surface area contributed by atoms with Crippen molar-refractivity contribution < 1.29 is 17.9 Å². The molecule has 0 fully saturated rings. The van der Waals surface area contributed by atoms with Gasteiger partial charge in [0.25, 0.3) is 10.0 Å². The van der Waals surface area contributed by atoms with Gasteiger partial charge >= 0.3 is 5.97 Å². The van der Waals surface area contributed by atoms with Crippen LogP contribution in [-0.2, 0) is 19.6 Å². The summed E-state index contributed by atoms with van der Waals surface area (Å²) in [5, 5.41) is 0. The van der Waals surface area contributed by atoms with Crippen LogP contribution in [0.1, 0.15) is 26.3 Å². The molecule has 1 heterocycles. The second-order valence-corrected chi connectivity index (χ2v) is 8.53. The van der Waals surface area contributed by atoms with Crippen LogP contribution in [0, 0.1) is 12.3 Å². The van der Waals surface area contributed by atoms with Crippen LogP contribution in [0.3, 0.4) is 0 Å². The van der Waals surface area contributed by atoms with E-state index in [9.17, 15) is 13.2 Å². The molecule has 0 radical (unpaired) electrons. The molecule has 0 saturated heterocycles. The van der Waals surface area contributed by atoms with Crippen LogP contribution in [0.15, 0.2) is 34.2 Å². The first-order valence-corrected chi connectivity index (χ1v) is 8.74. The lowest BCUT2D eigenvalue weighted by molar-refractivity contribution is -0.143. The van der Waals surface area contributed by atoms with Crippen molar-refractivity contribution in [2.45, 2.75) is 44.7 Å². The van der Waals surface area contributed by atoms with Gasteiger partial charge in [-0.3, -0.25) is 9.30 Å². The van der Waals surface area contributed by atoms with Crippen LogP contribution in [0.4, 0.5) is 0 Å². The molecule has 0 saturated carbocycles. The lowest BCUT2D eigenvalue weighted by atomic mass is 9.83. The van der Waals surface area contributed by atoms with E-state index < -0.39 is 33.5 Å². The fourth-order valence-electron chi connectivity index (χ4n) is 2.64. The highest BCUT2D eigenvalue weighted by Gasteiger charge is 2.48. The van der Waals surface area contributed by atoms with Gasteiger partial charge in [0, 0.05) is 0 Å². The molecule has 2 rings (SSSR count). The van der Waals surface area contributed by atoms with Crippen molar-refractivity contribution in [3.05, 3.63) is 29.8 Å². The molecule has 23 heavy (non-hydrogen) atoms. The predicted octanol–water partition coefficient (Wildman–Crippen LogP) is 1.98. The number of aliphatic imine (C=N–C) groups is 1. The third kappa shape index (κ3) is 3.24. The summed E-state index contributed by atoms with van der Waals surface area (Å²) in [6.07, 6.45) is 1.23. The minimum Gasteiger partial charge on any atom is -0.467 e. The zero-order chi connectivity index (χ0) is 17.4. The highest BCUT2D eigenvalue weighted by Crippen LogP contribution is 2.35. The molecule has 0 aromatic heterocycles. The van der Waals surface area contributed by atoms with Crippen molar-refractivity contribution in [3.8, 4) is 0 Å². The first kappa shape index (κ1) is 17.5. The molecule has 1 aliphatic rings. The molecular formula is C16H22N2O4S. The number of methoxy groups -OCH3 is 1. The van der Waals surface area contributed by atoms with Gasteiger partial charge in [-0.1, -0.05) is 38.5 Å². The first-order valence-electron chi connectivity index (χ1n) is 7.30. The first-order chi connectivity index (χ1) is 10.6. The van der Waals surface area contributed by atoms with Crippen LogP contribution in [0.25, 0.3) is 0 Å². The molecule has 1 aromatic rings. The van der Waals surface area contributed by atoms with Gasteiger partial charge in [0.2, 0.25) is 0 Å². The zero-order valence-corrected chi connectivity index (χ0v) is 14.8. The smallest absolute Gasteiger partial charge is 0.332 e. The molecule has 6 nitrogen and oxygen atoms in total. The maximum absolute atomic E-state index is 12.9. The van der Waals surface area contributed by atoms with E-state index in [1.165, 1.54) is 17.8 Å². The van der Waals surface area contributed by atoms with Crippen molar-refractivity contribution in [2.24, 2.45) is 10.4 Å². The van der Waals surface area contributed by atoms with E-state index in [0.717, 1.165) is 5.56 Å². The number of sulfonamides is 1. The summed E-state index contributed by atoms with van der Waals surface area (Å²) in [6.45, 7) is 7.51. The van der Waals surface area contributed by atoms with Crippen molar-refractivity contribution >= 4 is 22.3 Å². The predicted molar refractivity (Wildman–Crippen MR) is 87.7 cm³/mol. The van der Waals surface area contributed by atoms with Gasteiger partial charge < -0.3 is 4.74 Å². The molecule has 126 valence electrons. The summed E-state index contributed by atoms with van der Waals surface area (Å²) in [5.74, 6) is -0.539. The minimum atomic E-state index is -3.79. The van der Waals surface area contributed by atoms with E-state index in [0.29, 0.717) is 0 Å². The number of hydrogen-bond donors (Lipinski definition) is 0. The van der Waals surface area contributed by atoms with E-state index in [4.69, 9.17) is 4.74 Å². The number of esters is 1. The summed E-state index contributed by atoms with van der Waals surface area (Å²) in [7, 11) is -2.51. The molecule has 0 unspecified atom stereocenters. The number of nitrogens with zero attached hydrogens (tertiary/aromatic N) is 2. The van der Waals surface area contributed by atoms with Gasteiger partial charge in [-0.15, -0.1) is 0 Å². The van der Waals surface area contributed by atoms with Gasteiger partial charge in [0.05, 0.1) is 18.0 Å². The summed E-state index contributed by atoms with van der Waals surface area (Å²) < 4.78 is 31.8. The molecule has 0 spiro atoms. The Morgan fingerprint density at radius 2 is 1.78 bits per heavy atom. The third-order valence-electron chi connectivity index (χ3n) is 3.84. The Morgan fingerprint density at radius 1 is 1.22 bits per heavy atom. The lowest BCUT2D eigenvalue weighted by Gasteiger charge is -2.36. The maximum atomic E-state index is 12.9. The maximum Gasteiger partial charge on any atom is 0.332 e. The molecule has 1 aromatic carbocycles. The van der Waals surface area contributed by atoms with Crippen LogP contribution < -0.4 is 0 Å². The molecule has 0 amide bonds. The monoisotopic (exact) mass is 338 g/mol. The average molecular weight is 338 g/mol. The lowest BCUT2D eigenvalue weighted by Crippen LogP contribution is -2.51. The van der Waals surface area contributed by atoms with Gasteiger partial charge in [-0.05, 0) is 24.5 Å². The fourth-order valence-corrected chi connectivity index (χ4v) is 4.27. The summed E-state index contributed by atoms with van der Waals surface area (Å²) in [4.78, 5) is 16.2. The SMILES string of the molecule is COC(=O)[C@@H]1N=CN(S(=O)(=O)c2ccc(C)cc2)[C@H]1C(C)(C)C. The topological polar surface area (TPSA) is 76.0 Å². The number of benzene rings is 1. The largest absolute Gasteiger partial charge is 0.467 e. The standard InChI is InChI=1S/C16H22N2O4S/c1-11-6-8-12(9-7-11)23(20,21)18-10-17-13(15(19)22-5)14(18)16(2,3)4/h6-10,13-14H,1-5H3/t13-,14-/m1/s1. The Kier molecular flexibility index (Phi) is 4.52. The normalized spacial score (nSPS) is 21.5. The molecule has 0 N–H and O–H groups in total. The van der Waals surface area contributed by atoms with E-state index in [-0.39, 0.29) is 4.90 Å². The minimum absolute atomic E-state index is 0.175. The summed E-state index contributed by atoms with van der Waals surface area (Å²) in [6, 6.07) is 5.10. The number of aryl methyl sites for hydroxylation is 1. The van der Waals surface area contributed by atoms with Crippen LogP contribution in [0.5, 0.6) is 0 Å². The van der Waals surface area contributed by atoms with Crippen LogP contribution in [0.2, 0.25) is 0 Å². The Morgan fingerprint density at radius 3 is 2.26 bits per heavy atom. The Balaban J connectivity index is 2.47. The highest BCUT2D eigenvalue weighted by molar-refractivity contribution is 7.89. The van der Waals surface area contributed by atoms with Crippen molar-refractivity contribution in [1.29, 1.82) is 0 Å². The molecular weight excluding hydrogens is 316 g/mol. The quantitative estimate of drug-likeness (QED) is 0.790. The number of ether oxygens (including phenoxy) is 1. The zero-order valence-electron chi connectivity index (χ0n) is 14.0. The van der Waals surface area contributed by atoms with Crippen LogP contribution in [-0.4, -0.2) is 44.2 Å². The van der Waals surface area contributed by atoms with Gasteiger partial charge in [0.1, 0.15) is 6.34 Å². The number of hydrogen-bond acceptors (Lipinski definition) is 5. The second-order valence-electron chi connectivity index (χ2n) is 6.69. The van der Waals surface area contributed by atoms with Crippen LogP contribution >= 0.6 is 0 Å². The van der Waals surface area contributed by atoms with E-state index in [2.05, 4.69) is 4.99 Å². The Hall–Kier alpha value is -1.89. The molecule has 1 aliphatic heterocycles. The van der Waals surface area contributed by atoms with Crippen molar-refractivity contribution in [1.82, 2.24) is 4.31 Å². The average Bonchev–Trinajstić information content (AvgIpc) is 2.92. The summed E-state index contributed by atoms with van der Waals surface area (Å²) >= 11 is 0. The van der Waals surface area contributed by atoms with Gasteiger partial charge in [-0.25, -0.2) is 13.2 Å². The molecule has 0 aliphatic carbocycles. The molecule has 7 heteroatoms. The number of rotatable bonds is 3. The Bertz CT molecular complexity index is 717. The van der Waals surface area contributed by atoms with E-state index in [1.807, 2.05) is 27.7 Å².